The minimum Gasteiger partial charge on any atom is -0.455 e. The van der Waals surface area contributed by atoms with Crippen molar-refractivity contribution in [3.05, 3.63) is 47.3 Å². The Morgan fingerprint density at radius 2 is 2.14 bits per heavy atom. The highest BCUT2D eigenvalue weighted by Gasteiger charge is 2.20. The van der Waals surface area contributed by atoms with E-state index in [0.717, 1.165) is 11.6 Å². The maximum atomic E-state index is 13.5. The summed E-state index contributed by atoms with van der Waals surface area (Å²) < 4.78 is 19.1. The number of halogens is 1. The first-order valence-corrected chi connectivity index (χ1v) is 6.16. The highest BCUT2D eigenvalue weighted by Crippen LogP contribution is 2.35. The molecule has 104 valence electrons. The normalized spacial score (nSPS) is 12.5. The van der Waals surface area contributed by atoms with E-state index in [4.69, 9.17) is 15.7 Å². The summed E-state index contributed by atoms with van der Waals surface area (Å²) >= 11 is 0. The Bertz CT molecular complexity index is 796. The van der Waals surface area contributed by atoms with E-state index in [9.17, 15) is 9.18 Å². The number of nitrogen functional groups attached to an aromatic ring is 1. The molecule has 0 saturated heterocycles. The Morgan fingerprint density at radius 1 is 1.33 bits per heavy atom. The second-order valence-corrected chi connectivity index (χ2v) is 4.63. The Kier molecular flexibility index (Phi) is 2.95. The molecule has 0 bridgehead atoms. The Hall–Kier alpha value is -3.07. The number of nitrogens with one attached hydrogen (secondary N) is 1. The first-order valence-electron chi connectivity index (χ1n) is 6.16. The van der Waals surface area contributed by atoms with Gasteiger partial charge in [-0.1, -0.05) is 0 Å². The van der Waals surface area contributed by atoms with Gasteiger partial charge in [0.05, 0.1) is 17.7 Å². The zero-order valence-corrected chi connectivity index (χ0v) is 10.8. The quantitative estimate of drug-likeness (QED) is 0.829. The van der Waals surface area contributed by atoms with Gasteiger partial charge in [0.25, 0.3) is 0 Å². The predicted octanol–water partition coefficient (Wildman–Crippen LogP) is 2.57. The first-order chi connectivity index (χ1) is 10.1. The van der Waals surface area contributed by atoms with Crippen molar-refractivity contribution >= 4 is 17.3 Å². The summed E-state index contributed by atoms with van der Waals surface area (Å²) in [5.41, 5.74) is 7.61. The van der Waals surface area contributed by atoms with Crippen LogP contribution in [0.5, 0.6) is 11.5 Å². The third kappa shape index (κ3) is 2.37. The number of fused-ring (bicyclic) bond motifs is 1. The molecular formula is C15H10FN3O2. The van der Waals surface area contributed by atoms with Crippen LogP contribution in [-0.2, 0) is 11.2 Å². The van der Waals surface area contributed by atoms with Gasteiger partial charge in [-0.2, -0.15) is 5.26 Å². The monoisotopic (exact) mass is 283 g/mol. The molecule has 0 saturated carbocycles. The van der Waals surface area contributed by atoms with Crippen molar-refractivity contribution in [3.8, 4) is 17.6 Å². The van der Waals surface area contributed by atoms with Crippen molar-refractivity contribution in [3.63, 3.8) is 0 Å². The lowest BCUT2D eigenvalue weighted by atomic mass is 10.1. The number of carbonyl (C=O) groups excluding carboxylic acids is 1. The Labute approximate surface area is 119 Å². The highest BCUT2D eigenvalue weighted by molar-refractivity contribution is 6.00. The van der Waals surface area contributed by atoms with Gasteiger partial charge >= 0.3 is 0 Å². The van der Waals surface area contributed by atoms with Crippen molar-refractivity contribution in [1.82, 2.24) is 0 Å². The van der Waals surface area contributed by atoms with Crippen LogP contribution in [0.1, 0.15) is 11.1 Å². The fraction of sp³-hybridized carbons (Fsp3) is 0.0667. The van der Waals surface area contributed by atoms with E-state index < -0.39 is 5.82 Å². The summed E-state index contributed by atoms with van der Waals surface area (Å²) in [4.78, 5) is 11.3. The molecule has 0 atom stereocenters. The highest BCUT2D eigenvalue weighted by atomic mass is 19.1. The molecule has 1 heterocycles. The number of ether oxygens (including phenoxy) is 1. The predicted molar refractivity (Wildman–Crippen MR) is 74.4 cm³/mol. The lowest BCUT2D eigenvalue weighted by molar-refractivity contribution is -0.115. The van der Waals surface area contributed by atoms with Crippen LogP contribution in [0, 0.1) is 17.1 Å². The van der Waals surface area contributed by atoms with Crippen molar-refractivity contribution < 1.29 is 13.9 Å². The zero-order valence-electron chi connectivity index (χ0n) is 10.8. The van der Waals surface area contributed by atoms with Crippen LogP contribution in [0.15, 0.2) is 30.3 Å². The van der Waals surface area contributed by atoms with Crippen LogP contribution in [0.25, 0.3) is 0 Å². The van der Waals surface area contributed by atoms with Gasteiger partial charge in [-0.3, -0.25) is 4.79 Å². The molecule has 5 nitrogen and oxygen atoms in total. The van der Waals surface area contributed by atoms with Gasteiger partial charge < -0.3 is 15.8 Å². The minimum atomic E-state index is -0.664. The molecule has 2 aromatic carbocycles. The lowest BCUT2D eigenvalue weighted by Crippen LogP contribution is -2.03. The average Bonchev–Trinajstić information content (AvgIpc) is 2.78. The topological polar surface area (TPSA) is 88.1 Å². The fourth-order valence-electron chi connectivity index (χ4n) is 2.14. The van der Waals surface area contributed by atoms with E-state index in [0.29, 0.717) is 17.1 Å². The van der Waals surface area contributed by atoms with E-state index >= 15 is 0 Å². The molecule has 0 unspecified atom stereocenters. The largest absolute Gasteiger partial charge is 0.455 e. The number of benzene rings is 2. The molecule has 1 aliphatic rings. The number of carbonyl (C=O) groups is 1. The Morgan fingerprint density at radius 3 is 2.86 bits per heavy atom. The maximum Gasteiger partial charge on any atom is 0.228 e. The van der Waals surface area contributed by atoms with Crippen LogP contribution < -0.4 is 15.8 Å². The third-order valence-electron chi connectivity index (χ3n) is 3.15. The Balaban J connectivity index is 1.92. The van der Waals surface area contributed by atoms with E-state index in [1.54, 1.807) is 18.2 Å². The number of amides is 1. The number of nitriles is 1. The molecule has 1 amide bonds. The molecule has 3 rings (SSSR count). The second kappa shape index (κ2) is 4.80. The molecule has 0 fully saturated rings. The van der Waals surface area contributed by atoms with Crippen LogP contribution in [0.4, 0.5) is 15.8 Å². The lowest BCUT2D eigenvalue weighted by Gasteiger charge is -2.11. The number of anilines is 2. The molecule has 2 aromatic rings. The number of hydrogen-bond acceptors (Lipinski definition) is 4. The summed E-state index contributed by atoms with van der Waals surface area (Å²) in [6.45, 7) is 0. The zero-order chi connectivity index (χ0) is 15.0. The van der Waals surface area contributed by atoms with Gasteiger partial charge in [0.2, 0.25) is 5.91 Å². The van der Waals surface area contributed by atoms with Gasteiger partial charge in [0.1, 0.15) is 17.6 Å². The summed E-state index contributed by atoms with van der Waals surface area (Å²) in [6, 6.07) is 8.92. The summed E-state index contributed by atoms with van der Waals surface area (Å²) in [6.07, 6.45) is 0.283. The molecule has 3 N–H and O–H groups in total. The van der Waals surface area contributed by atoms with Gasteiger partial charge in [-0.25, -0.2) is 4.39 Å². The summed E-state index contributed by atoms with van der Waals surface area (Å²) in [5.74, 6) is -0.225. The number of nitrogens with two attached hydrogens (primary N) is 1. The molecular weight excluding hydrogens is 273 g/mol. The van der Waals surface area contributed by atoms with Gasteiger partial charge in [0.15, 0.2) is 5.75 Å². The second-order valence-electron chi connectivity index (χ2n) is 4.63. The minimum absolute atomic E-state index is 0.0588. The smallest absolute Gasteiger partial charge is 0.228 e. The molecule has 0 aliphatic carbocycles. The van der Waals surface area contributed by atoms with Crippen LogP contribution >= 0.6 is 0 Å². The van der Waals surface area contributed by atoms with Crippen molar-refractivity contribution in [1.29, 1.82) is 5.26 Å². The van der Waals surface area contributed by atoms with Crippen LogP contribution in [0.3, 0.4) is 0 Å². The van der Waals surface area contributed by atoms with Crippen LogP contribution in [-0.4, -0.2) is 5.91 Å². The van der Waals surface area contributed by atoms with Crippen molar-refractivity contribution in [2.24, 2.45) is 0 Å². The van der Waals surface area contributed by atoms with E-state index in [2.05, 4.69) is 5.32 Å². The van der Waals surface area contributed by atoms with E-state index in [-0.39, 0.29) is 23.6 Å². The van der Waals surface area contributed by atoms with Crippen molar-refractivity contribution in [2.75, 3.05) is 11.1 Å². The standard InChI is InChI=1S/C15H10FN3O2/c16-11-5-10(2-1-8(11)7-17)21-14-6-13-9(3-12(14)18)4-15(20)19-13/h1-3,5-6H,4,18H2,(H,19,20). The number of nitrogens with zero attached hydrogens (tertiary/aromatic N) is 1. The maximum absolute atomic E-state index is 13.5. The summed E-state index contributed by atoms with van der Waals surface area (Å²) in [7, 11) is 0. The van der Waals surface area contributed by atoms with Gasteiger partial charge in [-0.05, 0) is 23.8 Å². The van der Waals surface area contributed by atoms with Gasteiger partial charge in [0, 0.05) is 17.8 Å². The van der Waals surface area contributed by atoms with Crippen molar-refractivity contribution in [2.45, 2.75) is 6.42 Å². The SMILES string of the molecule is N#Cc1ccc(Oc2cc3c(cc2N)CC(=O)N3)cc1F. The fourth-order valence-corrected chi connectivity index (χ4v) is 2.14. The molecule has 0 aromatic heterocycles. The molecule has 21 heavy (non-hydrogen) atoms. The first kappa shape index (κ1) is 12.9. The van der Waals surface area contributed by atoms with Crippen LogP contribution in [0.2, 0.25) is 0 Å². The molecule has 0 spiro atoms. The number of hydrogen-bond donors (Lipinski definition) is 2. The molecule has 0 radical (unpaired) electrons. The average molecular weight is 283 g/mol. The van der Waals surface area contributed by atoms with E-state index in [1.165, 1.54) is 12.1 Å². The van der Waals surface area contributed by atoms with E-state index in [1.807, 2.05) is 0 Å². The molecule has 1 aliphatic heterocycles. The molecule has 6 heteroatoms. The van der Waals surface area contributed by atoms with Gasteiger partial charge in [-0.15, -0.1) is 0 Å². The third-order valence-corrected chi connectivity index (χ3v) is 3.15. The number of rotatable bonds is 2. The summed E-state index contributed by atoms with van der Waals surface area (Å²) in [5, 5.41) is 11.4.